The molecule has 0 fully saturated rings. The zero-order valence-corrected chi connectivity index (χ0v) is 11.2. The number of fused-ring (bicyclic) bond motifs is 1. The number of aliphatic hydroxyl groups excluding tert-OH is 1. The van der Waals surface area contributed by atoms with Gasteiger partial charge in [-0.15, -0.1) is 10.2 Å². The van der Waals surface area contributed by atoms with Crippen LogP contribution < -0.4 is 0 Å². The highest BCUT2D eigenvalue weighted by atomic mass is 16.3. The number of hydrogen-bond donors (Lipinski definition) is 1. The summed E-state index contributed by atoms with van der Waals surface area (Å²) in [6.07, 6.45) is 2.75. The summed E-state index contributed by atoms with van der Waals surface area (Å²) in [7, 11) is 0. The molecule has 3 rings (SSSR count). The second-order valence-corrected chi connectivity index (χ2v) is 5.40. The van der Waals surface area contributed by atoms with Crippen LogP contribution in [0.4, 0.5) is 0 Å². The molecule has 1 aromatic heterocycles. The normalized spacial score (nSPS) is 18.3. The Kier molecular flexibility index (Phi) is 3.34. The average molecular weight is 257 g/mol. The van der Waals surface area contributed by atoms with E-state index >= 15 is 0 Å². The van der Waals surface area contributed by atoms with E-state index in [1.807, 2.05) is 0 Å². The SMILES string of the molecule is Cc1cccc(Cc2nnc3n2CC(CO)CC3)c1. The highest BCUT2D eigenvalue weighted by Crippen LogP contribution is 2.21. The minimum absolute atomic E-state index is 0.251. The lowest BCUT2D eigenvalue weighted by Crippen LogP contribution is -2.24. The van der Waals surface area contributed by atoms with E-state index in [1.54, 1.807) is 0 Å². The summed E-state index contributed by atoms with van der Waals surface area (Å²) < 4.78 is 2.19. The van der Waals surface area contributed by atoms with Gasteiger partial charge in [-0.05, 0) is 18.9 Å². The molecule has 0 saturated carbocycles. The smallest absolute Gasteiger partial charge is 0.137 e. The Morgan fingerprint density at radius 3 is 3.05 bits per heavy atom. The predicted molar refractivity (Wildman–Crippen MR) is 72.9 cm³/mol. The first-order valence-electron chi connectivity index (χ1n) is 6.83. The Balaban J connectivity index is 1.85. The highest BCUT2D eigenvalue weighted by molar-refractivity contribution is 5.25. The molecular weight excluding hydrogens is 238 g/mol. The molecule has 2 aromatic rings. The maximum absolute atomic E-state index is 9.32. The number of nitrogens with zero attached hydrogens (tertiary/aromatic N) is 3. The molecule has 4 heteroatoms. The van der Waals surface area contributed by atoms with Crippen molar-refractivity contribution in [1.82, 2.24) is 14.8 Å². The van der Waals surface area contributed by atoms with E-state index in [0.29, 0.717) is 5.92 Å². The first-order valence-corrected chi connectivity index (χ1v) is 6.83. The van der Waals surface area contributed by atoms with Crippen LogP contribution in [0.25, 0.3) is 0 Å². The number of aryl methyl sites for hydroxylation is 2. The molecule has 0 bridgehead atoms. The van der Waals surface area contributed by atoms with Crippen molar-refractivity contribution in [3.8, 4) is 0 Å². The lowest BCUT2D eigenvalue weighted by atomic mass is 10.00. The summed E-state index contributed by atoms with van der Waals surface area (Å²) >= 11 is 0. The van der Waals surface area contributed by atoms with Crippen LogP contribution in [-0.2, 0) is 19.4 Å². The molecule has 4 nitrogen and oxygen atoms in total. The molecule has 1 N–H and O–H groups in total. The van der Waals surface area contributed by atoms with Gasteiger partial charge in [0.05, 0.1) is 0 Å². The lowest BCUT2D eigenvalue weighted by molar-refractivity contribution is 0.189. The zero-order valence-electron chi connectivity index (χ0n) is 11.2. The fourth-order valence-corrected chi connectivity index (χ4v) is 2.74. The van der Waals surface area contributed by atoms with Crippen molar-refractivity contribution in [3.05, 3.63) is 47.0 Å². The Morgan fingerprint density at radius 1 is 1.37 bits per heavy atom. The molecule has 0 spiro atoms. The van der Waals surface area contributed by atoms with Crippen LogP contribution in [0.3, 0.4) is 0 Å². The van der Waals surface area contributed by atoms with Gasteiger partial charge in [0, 0.05) is 31.9 Å². The van der Waals surface area contributed by atoms with Gasteiger partial charge in [-0.25, -0.2) is 0 Å². The summed E-state index contributed by atoms with van der Waals surface area (Å²) in [5.41, 5.74) is 2.53. The van der Waals surface area contributed by atoms with E-state index in [0.717, 1.165) is 37.5 Å². The van der Waals surface area contributed by atoms with Gasteiger partial charge < -0.3 is 9.67 Å². The van der Waals surface area contributed by atoms with Crippen molar-refractivity contribution in [2.24, 2.45) is 5.92 Å². The van der Waals surface area contributed by atoms with Gasteiger partial charge in [-0.3, -0.25) is 0 Å². The summed E-state index contributed by atoms with van der Waals surface area (Å²) in [6, 6.07) is 8.49. The van der Waals surface area contributed by atoms with Crippen LogP contribution in [0, 0.1) is 12.8 Å². The molecule has 100 valence electrons. The molecule has 1 aliphatic rings. The van der Waals surface area contributed by atoms with E-state index < -0.39 is 0 Å². The second-order valence-electron chi connectivity index (χ2n) is 5.40. The molecular formula is C15H19N3O. The Bertz CT molecular complexity index is 577. The third-order valence-corrected chi connectivity index (χ3v) is 3.82. The van der Waals surface area contributed by atoms with Gasteiger partial charge in [-0.1, -0.05) is 29.8 Å². The van der Waals surface area contributed by atoms with Crippen LogP contribution in [-0.4, -0.2) is 26.5 Å². The second kappa shape index (κ2) is 5.13. The molecule has 0 amide bonds. The minimum Gasteiger partial charge on any atom is -0.396 e. The monoisotopic (exact) mass is 257 g/mol. The topological polar surface area (TPSA) is 50.9 Å². The summed E-state index contributed by atoms with van der Waals surface area (Å²) in [5, 5.41) is 17.9. The summed E-state index contributed by atoms with van der Waals surface area (Å²) in [6.45, 7) is 3.20. The van der Waals surface area contributed by atoms with E-state index in [4.69, 9.17) is 0 Å². The summed E-state index contributed by atoms with van der Waals surface area (Å²) in [4.78, 5) is 0. The molecule has 1 atom stereocenters. The van der Waals surface area contributed by atoms with E-state index in [9.17, 15) is 5.11 Å². The van der Waals surface area contributed by atoms with Crippen LogP contribution in [0.2, 0.25) is 0 Å². The Morgan fingerprint density at radius 2 is 2.26 bits per heavy atom. The van der Waals surface area contributed by atoms with Crippen LogP contribution in [0.15, 0.2) is 24.3 Å². The van der Waals surface area contributed by atoms with Crippen molar-refractivity contribution in [2.45, 2.75) is 32.7 Å². The standard InChI is InChI=1S/C15H19N3O/c1-11-3-2-4-12(7-11)8-15-17-16-14-6-5-13(10-19)9-18(14)15/h2-4,7,13,19H,5-6,8-10H2,1H3. The fourth-order valence-electron chi connectivity index (χ4n) is 2.74. The molecule has 1 aromatic carbocycles. The van der Waals surface area contributed by atoms with Gasteiger partial charge in [0.1, 0.15) is 11.6 Å². The first kappa shape index (κ1) is 12.4. The molecule has 19 heavy (non-hydrogen) atoms. The third kappa shape index (κ3) is 2.54. The van der Waals surface area contributed by atoms with E-state index in [-0.39, 0.29) is 6.61 Å². The highest BCUT2D eigenvalue weighted by Gasteiger charge is 2.22. The van der Waals surface area contributed by atoms with Gasteiger partial charge in [-0.2, -0.15) is 0 Å². The van der Waals surface area contributed by atoms with Gasteiger partial charge >= 0.3 is 0 Å². The molecule has 0 radical (unpaired) electrons. The van der Waals surface area contributed by atoms with E-state index in [2.05, 4.69) is 46.0 Å². The fraction of sp³-hybridized carbons (Fsp3) is 0.467. The number of aromatic nitrogens is 3. The number of hydrogen-bond acceptors (Lipinski definition) is 3. The molecule has 2 heterocycles. The largest absolute Gasteiger partial charge is 0.396 e. The van der Waals surface area contributed by atoms with Crippen molar-refractivity contribution < 1.29 is 5.11 Å². The third-order valence-electron chi connectivity index (χ3n) is 3.82. The minimum atomic E-state index is 0.251. The van der Waals surface area contributed by atoms with Crippen LogP contribution in [0.5, 0.6) is 0 Å². The Labute approximate surface area is 113 Å². The maximum atomic E-state index is 9.32. The Hall–Kier alpha value is -1.68. The average Bonchev–Trinajstić information content (AvgIpc) is 2.81. The molecule has 0 saturated heterocycles. The zero-order chi connectivity index (χ0) is 13.2. The van der Waals surface area contributed by atoms with Gasteiger partial charge in [0.2, 0.25) is 0 Å². The van der Waals surface area contributed by atoms with Crippen LogP contribution >= 0.6 is 0 Å². The maximum Gasteiger partial charge on any atom is 0.137 e. The van der Waals surface area contributed by atoms with Gasteiger partial charge in [0.25, 0.3) is 0 Å². The summed E-state index contributed by atoms with van der Waals surface area (Å²) in [5.74, 6) is 2.42. The number of benzene rings is 1. The molecule has 1 unspecified atom stereocenters. The number of aliphatic hydroxyl groups is 1. The first-order chi connectivity index (χ1) is 9.26. The van der Waals surface area contributed by atoms with Crippen molar-refractivity contribution in [2.75, 3.05) is 6.61 Å². The lowest BCUT2D eigenvalue weighted by Gasteiger charge is -2.22. The van der Waals surface area contributed by atoms with Crippen molar-refractivity contribution in [3.63, 3.8) is 0 Å². The van der Waals surface area contributed by atoms with Gasteiger partial charge in [0.15, 0.2) is 0 Å². The molecule has 1 aliphatic heterocycles. The number of rotatable bonds is 3. The van der Waals surface area contributed by atoms with E-state index in [1.165, 1.54) is 11.1 Å². The molecule has 0 aliphatic carbocycles. The van der Waals surface area contributed by atoms with Crippen molar-refractivity contribution >= 4 is 0 Å². The van der Waals surface area contributed by atoms with Crippen molar-refractivity contribution in [1.29, 1.82) is 0 Å². The predicted octanol–water partition coefficient (Wildman–Crippen LogP) is 1.73. The quantitative estimate of drug-likeness (QED) is 0.911. The van der Waals surface area contributed by atoms with Crippen LogP contribution in [0.1, 0.15) is 29.2 Å².